The lowest BCUT2D eigenvalue weighted by Crippen LogP contribution is -2.39. The molecule has 0 aromatic rings. The van der Waals surface area contributed by atoms with Crippen molar-refractivity contribution in [2.24, 2.45) is 11.8 Å². The van der Waals surface area contributed by atoms with Crippen LogP contribution in [-0.2, 0) is 0 Å². The molecule has 15 heavy (non-hydrogen) atoms. The van der Waals surface area contributed by atoms with Gasteiger partial charge >= 0.3 is 0 Å². The second-order valence-electron chi connectivity index (χ2n) is 5.79. The van der Waals surface area contributed by atoms with Crippen LogP contribution in [0.2, 0.25) is 0 Å². The van der Waals surface area contributed by atoms with E-state index in [0.29, 0.717) is 6.04 Å². The highest BCUT2D eigenvalue weighted by molar-refractivity contribution is 4.77. The Morgan fingerprint density at radius 1 is 1.20 bits per heavy atom. The first-order valence-corrected chi connectivity index (χ1v) is 6.53. The Labute approximate surface area is 95.4 Å². The highest BCUT2D eigenvalue weighted by Gasteiger charge is 2.18. The zero-order chi connectivity index (χ0) is 11.3. The predicted molar refractivity (Wildman–Crippen MR) is 67.1 cm³/mol. The summed E-state index contributed by atoms with van der Waals surface area (Å²) in [5.74, 6) is 1.60. The van der Waals surface area contributed by atoms with Crippen molar-refractivity contribution in [2.45, 2.75) is 46.6 Å². The third-order valence-corrected chi connectivity index (χ3v) is 2.94. The highest BCUT2D eigenvalue weighted by Crippen LogP contribution is 2.11. The molecule has 0 spiro atoms. The molecule has 1 unspecified atom stereocenters. The normalized spacial score (nSPS) is 24.8. The Balaban J connectivity index is 2.38. The molecular weight excluding hydrogens is 184 g/mol. The summed E-state index contributed by atoms with van der Waals surface area (Å²) < 4.78 is 0. The summed E-state index contributed by atoms with van der Waals surface area (Å²) in [5, 5.41) is 3.67. The van der Waals surface area contributed by atoms with Crippen LogP contribution in [-0.4, -0.2) is 37.1 Å². The summed E-state index contributed by atoms with van der Waals surface area (Å²) in [6.07, 6.45) is 2.62. The molecule has 0 amide bonds. The van der Waals surface area contributed by atoms with Gasteiger partial charge in [-0.1, -0.05) is 27.7 Å². The van der Waals surface area contributed by atoms with Crippen LogP contribution in [0.4, 0.5) is 0 Å². The molecule has 2 nitrogen and oxygen atoms in total. The first kappa shape index (κ1) is 13.0. The first-order valence-electron chi connectivity index (χ1n) is 6.53. The van der Waals surface area contributed by atoms with E-state index in [9.17, 15) is 0 Å². The maximum absolute atomic E-state index is 3.67. The van der Waals surface area contributed by atoms with Crippen LogP contribution in [0.5, 0.6) is 0 Å². The zero-order valence-electron chi connectivity index (χ0n) is 10.9. The monoisotopic (exact) mass is 212 g/mol. The molecule has 1 saturated heterocycles. The molecule has 1 rings (SSSR count). The lowest BCUT2D eigenvalue weighted by atomic mass is 10.0. The third kappa shape index (κ3) is 5.53. The molecule has 1 heterocycles. The average Bonchev–Trinajstić information content (AvgIpc) is 2.28. The molecule has 1 atom stereocenters. The van der Waals surface area contributed by atoms with E-state index < -0.39 is 0 Å². The fourth-order valence-corrected chi connectivity index (χ4v) is 2.49. The van der Waals surface area contributed by atoms with Crippen molar-refractivity contribution < 1.29 is 0 Å². The van der Waals surface area contributed by atoms with E-state index >= 15 is 0 Å². The Morgan fingerprint density at radius 3 is 2.53 bits per heavy atom. The number of hydrogen-bond donors (Lipinski definition) is 1. The van der Waals surface area contributed by atoms with E-state index in [4.69, 9.17) is 0 Å². The minimum Gasteiger partial charge on any atom is -0.313 e. The van der Waals surface area contributed by atoms with Gasteiger partial charge in [0.25, 0.3) is 0 Å². The van der Waals surface area contributed by atoms with Crippen LogP contribution in [0.25, 0.3) is 0 Å². The van der Waals surface area contributed by atoms with Gasteiger partial charge in [0.15, 0.2) is 0 Å². The van der Waals surface area contributed by atoms with Crippen molar-refractivity contribution in [1.82, 2.24) is 10.2 Å². The van der Waals surface area contributed by atoms with Crippen LogP contribution in [0.15, 0.2) is 0 Å². The molecule has 0 bridgehead atoms. The largest absolute Gasteiger partial charge is 0.313 e. The van der Waals surface area contributed by atoms with Gasteiger partial charge in [-0.3, -0.25) is 0 Å². The van der Waals surface area contributed by atoms with Crippen molar-refractivity contribution in [1.29, 1.82) is 0 Å². The smallest absolute Gasteiger partial charge is 0.0197 e. The van der Waals surface area contributed by atoms with Crippen molar-refractivity contribution in [3.63, 3.8) is 0 Å². The van der Waals surface area contributed by atoms with Gasteiger partial charge in [-0.05, 0) is 37.8 Å². The average molecular weight is 212 g/mol. The zero-order valence-corrected chi connectivity index (χ0v) is 10.9. The van der Waals surface area contributed by atoms with Crippen LogP contribution in [0, 0.1) is 11.8 Å². The Hall–Kier alpha value is -0.0800. The van der Waals surface area contributed by atoms with E-state index in [1.807, 2.05) is 0 Å². The quantitative estimate of drug-likeness (QED) is 0.769. The van der Waals surface area contributed by atoms with Gasteiger partial charge in [0.1, 0.15) is 0 Å². The molecule has 0 radical (unpaired) electrons. The molecule has 1 fully saturated rings. The van der Waals surface area contributed by atoms with Gasteiger partial charge < -0.3 is 10.2 Å². The van der Waals surface area contributed by atoms with E-state index in [0.717, 1.165) is 11.8 Å². The minimum absolute atomic E-state index is 0.714. The van der Waals surface area contributed by atoms with Crippen LogP contribution >= 0.6 is 0 Å². The maximum atomic E-state index is 3.67. The highest BCUT2D eigenvalue weighted by atomic mass is 15.2. The van der Waals surface area contributed by atoms with Gasteiger partial charge in [0.05, 0.1) is 0 Å². The molecule has 1 N–H and O–H groups in total. The summed E-state index contributed by atoms with van der Waals surface area (Å²) in [4.78, 5) is 2.64. The predicted octanol–water partition coefficient (Wildman–Crippen LogP) is 2.35. The van der Waals surface area contributed by atoms with Crippen LogP contribution in [0.3, 0.4) is 0 Å². The second kappa shape index (κ2) is 6.49. The first-order chi connectivity index (χ1) is 7.08. The van der Waals surface area contributed by atoms with Gasteiger partial charge in [-0.2, -0.15) is 0 Å². The lowest BCUT2D eigenvalue weighted by Gasteiger charge is -2.26. The lowest BCUT2D eigenvalue weighted by molar-refractivity contribution is 0.230. The summed E-state index contributed by atoms with van der Waals surface area (Å²) in [7, 11) is 0. The minimum atomic E-state index is 0.714. The SMILES string of the molecule is CC(C)CC1CN(CC(C)C)CCCN1. The van der Waals surface area contributed by atoms with E-state index in [1.165, 1.54) is 39.0 Å². The maximum Gasteiger partial charge on any atom is 0.0197 e. The number of hydrogen-bond acceptors (Lipinski definition) is 2. The number of nitrogens with one attached hydrogen (secondary N) is 1. The summed E-state index contributed by atoms with van der Waals surface area (Å²) in [6.45, 7) is 14.3. The fraction of sp³-hybridized carbons (Fsp3) is 1.00. The van der Waals surface area contributed by atoms with Gasteiger partial charge in [-0.15, -0.1) is 0 Å². The van der Waals surface area contributed by atoms with Crippen molar-refractivity contribution in [3.8, 4) is 0 Å². The van der Waals surface area contributed by atoms with E-state index in [-0.39, 0.29) is 0 Å². The molecular formula is C13H28N2. The standard InChI is InChI=1S/C13H28N2/c1-11(2)8-13-10-15(9-12(3)4)7-5-6-14-13/h11-14H,5-10H2,1-4H3. The van der Waals surface area contributed by atoms with Crippen LogP contribution in [0.1, 0.15) is 40.5 Å². The molecule has 90 valence electrons. The van der Waals surface area contributed by atoms with Gasteiger partial charge in [-0.25, -0.2) is 0 Å². The number of nitrogens with zero attached hydrogens (tertiary/aromatic N) is 1. The molecule has 1 aliphatic heterocycles. The Kier molecular flexibility index (Phi) is 5.62. The summed E-state index contributed by atoms with van der Waals surface area (Å²) >= 11 is 0. The van der Waals surface area contributed by atoms with Crippen molar-refractivity contribution in [3.05, 3.63) is 0 Å². The Bertz CT molecular complexity index is 148. The fourth-order valence-electron chi connectivity index (χ4n) is 2.49. The molecule has 0 aromatic heterocycles. The number of rotatable bonds is 4. The van der Waals surface area contributed by atoms with E-state index in [1.54, 1.807) is 0 Å². The van der Waals surface area contributed by atoms with Crippen molar-refractivity contribution in [2.75, 3.05) is 26.2 Å². The second-order valence-corrected chi connectivity index (χ2v) is 5.79. The molecule has 0 aliphatic carbocycles. The third-order valence-electron chi connectivity index (χ3n) is 2.94. The van der Waals surface area contributed by atoms with E-state index in [2.05, 4.69) is 37.9 Å². The molecule has 2 heteroatoms. The molecule has 0 aromatic carbocycles. The topological polar surface area (TPSA) is 15.3 Å². The van der Waals surface area contributed by atoms with Crippen molar-refractivity contribution >= 4 is 0 Å². The summed E-state index contributed by atoms with van der Waals surface area (Å²) in [5.41, 5.74) is 0. The molecule has 1 aliphatic rings. The summed E-state index contributed by atoms with van der Waals surface area (Å²) in [6, 6.07) is 0.714. The van der Waals surface area contributed by atoms with Gasteiger partial charge in [0.2, 0.25) is 0 Å². The Morgan fingerprint density at radius 2 is 1.93 bits per heavy atom. The van der Waals surface area contributed by atoms with Gasteiger partial charge in [0, 0.05) is 19.1 Å². The van der Waals surface area contributed by atoms with Crippen LogP contribution < -0.4 is 5.32 Å². The molecule has 0 saturated carbocycles.